The third-order valence-electron chi connectivity index (χ3n) is 3.94. The van der Waals surface area contributed by atoms with Gasteiger partial charge >= 0.3 is 5.97 Å². The lowest BCUT2D eigenvalue weighted by Gasteiger charge is -2.31. The van der Waals surface area contributed by atoms with Gasteiger partial charge in [-0.05, 0) is 30.9 Å². The lowest BCUT2D eigenvalue weighted by atomic mass is 10.1. The van der Waals surface area contributed by atoms with Gasteiger partial charge in [-0.1, -0.05) is 39.8 Å². The van der Waals surface area contributed by atoms with Gasteiger partial charge in [-0.15, -0.1) is 0 Å². The van der Waals surface area contributed by atoms with Gasteiger partial charge in [-0.3, -0.25) is 4.79 Å². The summed E-state index contributed by atoms with van der Waals surface area (Å²) in [6.45, 7) is 11.0. The highest BCUT2D eigenvalue weighted by atomic mass is 16.6. The van der Waals surface area contributed by atoms with Crippen LogP contribution in [0.5, 0.6) is 11.5 Å². The predicted molar refractivity (Wildman–Crippen MR) is 98.2 cm³/mol. The summed E-state index contributed by atoms with van der Waals surface area (Å²) < 4.78 is 16.6. The van der Waals surface area contributed by atoms with Gasteiger partial charge in [-0.25, -0.2) is 4.79 Å². The Bertz CT molecular complexity index is 618. The molecule has 0 bridgehead atoms. The molecule has 0 saturated carbocycles. The number of ether oxygens (including phenoxy) is 3. The van der Waals surface area contributed by atoms with Crippen molar-refractivity contribution in [3.63, 3.8) is 0 Å². The molecule has 1 aromatic carbocycles. The van der Waals surface area contributed by atoms with E-state index in [0.717, 1.165) is 0 Å². The Balaban J connectivity index is 1.93. The summed E-state index contributed by atoms with van der Waals surface area (Å²) in [6, 6.07) is 7.16. The third kappa shape index (κ3) is 5.38. The number of esters is 1. The summed E-state index contributed by atoms with van der Waals surface area (Å²) in [5.74, 6) is 1.01. The average molecular weight is 363 g/mol. The van der Waals surface area contributed by atoms with Gasteiger partial charge in [-0.2, -0.15) is 0 Å². The number of carbonyl (C=O) groups excluding carboxylic acids is 2. The van der Waals surface area contributed by atoms with E-state index in [2.05, 4.69) is 27.7 Å². The molecule has 0 spiro atoms. The number of hydrogen-bond acceptors (Lipinski definition) is 5. The smallest absolute Gasteiger partial charge is 0.351 e. The molecule has 0 radical (unpaired) electrons. The minimum Gasteiger partial charge on any atom is -0.482 e. The van der Waals surface area contributed by atoms with Crippen LogP contribution in [0.15, 0.2) is 24.3 Å². The van der Waals surface area contributed by atoms with Crippen molar-refractivity contribution in [2.24, 2.45) is 11.8 Å². The summed E-state index contributed by atoms with van der Waals surface area (Å²) >= 11 is 0. The SMILES string of the molecule is CC(C)CN(CC(C)C)C(=O)COC(=O)C1Oc2ccccc2OC1C. The van der Waals surface area contributed by atoms with E-state index in [1.165, 1.54) is 0 Å². The summed E-state index contributed by atoms with van der Waals surface area (Å²) in [5, 5.41) is 0. The summed E-state index contributed by atoms with van der Waals surface area (Å²) in [6.07, 6.45) is -1.38. The zero-order valence-electron chi connectivity index (χ0n) is 16.2. The number of benzene rings is 1. The van der Waals surface area contributed by atoms with Crippen LogP contribution in [0.3, 0.4) is 0 Å². The quantitative estimate of drug-likeness (QED) is 0.697. The Morgan fingerprint density at radius 1 is 1.04 bits per heavy atom. The van der Waals surface area contributed by atoms with Crippen molar-refractivity contribution in [2.75, 3.05) is 19.7 Å². The van der Waals surface area contributed by atoms with Crippen LogP contribution in [0.1, 0.15) is 34.6 Å². The van der Waals surface area contributed by atoms with Crippen molar-refractivity contribution in [3.8, 4) is 11.5 Å². The Morgan fingerprint density at radius 2 is 1.58 bits per heavy atom. The van der Waals surface area contributed by atoms with Crippen molar-refractivity contribution < 1.29 is 23.8 Å². The fourth-order valence-electron chi connectivity index (χ4n) is 2.85. The molecule has 0 saturated heterocycles. The molecule has 26 heavy (non-hydrogen) atoms. The molecule has 144 valence electrons. The number of carbonyl (C=O) groups is 2. The van der Waals surface area contributed by atoms with Crippen LogP contribution >= 0.6 is 0 Å². The van der Waals surface area contributed by atoms with Gasteiger partial charge in [0.25, 0.3) is 5.91 Å². The number of amides is 1. The van der Waals surface area contributed by atoms with Gasteiger partial charge in [0.2, 0.25) is 6.10 Å². The third-order valence-corrected chi connectivity index (χ3v) is 3.94. The second-order valence-corrected chi connectivity index (χ2v) is 7.50. The molecule has 0 aromatic heterocycles. The molecule has 2 rings (SSSR count). The van der Waals surface area contributed by atoms with Crippen molar-refractivity contribution >= 4 is 11.9 Å². The van der Waals surface area contributed by atoms with Crippen molar-refractivity contribution in [1.29, 1.82) is 0 Å². The molecule has 6 heteroatoms. The van der Waals surface area contributed by atoms with Crippen LogP contribution in [0, 0.1) is 11.8 Å². The van der Waals surface area contributed by atoms with Crippen molar-refractivity contribution in [1.82, 2.24) is 4.90 Å². The monoisotopic (exact) mass is 363 g/mol. The Kier molecular flexibility index (Phi) is 6.89. The zero-order chi connectivity index (χ0) is 19.3. The van der Waals surface area contributed by atoms with E-state index in [1.807, 2.05) is 6.07 Å². The van der Waals surface area contributed by atoms with Crippen LogP contribution in [-0.2, 0) is 14.3 Å². The van der Waals surface area contributed by atoms with Gasteiger partial charge in [0.05, 0.1) is 0 Å². The summed E-state index contributed by atoms with van der Waals surface area (Å²) in [4.78, 5) is 26.6. The Hall–Kier alpha value is -2.24. The van der Waals surface area contributed by atoms with Crippen molar-refractivity contribution in [3.05, 3.63) is 24.3 Å². The maximum absolute atomic E-state index is 12.5. The molecule has 2 unspecified atom stereocenters. The fourth-order valence-corrected chi connectivity index (χ4v) is 2.85. The van der Waals surface area contributed by atoms with Crippen LogP contribution in [0.4, 0.5) is 0 Å². The molecule has 6 nitrogen and oxygen atoms in total. The first kappa shape index (κ1) is 20.1. The topological polar surface area (TPSA) is 65.1 Å². The minimum atomic E-state index is -0.888. The van der Waals surface area contributed by atoms with Gasteiger partial charge in [0.1, 0.15) is 6.10 Å². The number of hydrogen-bond donors (Lipinski definition) is 0. The van der Waals surface area contributed by atoms with E-state index >= 15 is 0 Å². The first-order valence-electron chi connectivity index (χ1n) is 9.14. The average Bonchev–Trinajstić information content (AvgIpc) is 2.57. The second-order valence-electron chi connectivity index (χ2n) is 7.50. The first-order valence-corrected chi connectivity index (χ1v) is 9.14. The summed E-state index contributed by atoms with van der Waals surface area (Å²) in [5.41, 5.74) is 0. The van der Waals surface area contributed by atoms with Crippen LogP contribution < -0.4 is 9.47 Å². The van der Waals surface area contributed by atoms with Crippen LogP contribution in [0.25, 0.3) is 0 Å². The van der Waals surface area contributed by atoms with E-state index in [-0.39, 0.29) is 12.5 Å². The van der Waals surface area contributed by atoms with Crippen molar-refractivity contribution in [2.45, 2.75) is 46.8 Å². The Labute approximate surface area is 155 Å². The lowest BCUT2D eigenvalue weighted by molar-refractivity contribution is -0.163. The molecule has 0 N–H and O–H groups in total. The standard InChI is InChI=1S/C20H29NO5/c1-13(2)10-21(11-14(3)4)18(22)12-24-20(23)19-15(5)25-16-8-6-7-9-17(16)26-19/h6-9,13-15,19H,10-12H2,1-5H3. The molecule has 1 aliphatic heterocycles. The van der Waals surface area contributed by atoms with E-state index in [9.17, 15) is 9.59 Å². The van der Waals surface area contributed by atoms with E-state index in [1.54, 1.807) is 30.0 Å². The normalized spacial score (nSPS) is 18.7. The van der Waals surface area contributed by atoms with E-state index < -0.39 is 18.2 Å². The largest absolute Gasteiger partial charge is 0.482 e. The number of nitrogens with zero attached hydrogens (tertiary/aromatic N) is 1. The number of fused-ring (bicyclic) bond motifs is 1. The second kappa shape index (κ2) is 8.92. The molecule has 1 amide bonds. The predicted octanol–water partition coefficient (Wildman–Crippen LogP) is 2.90. The number of para-hydroxylation sites is 2. The fraction of sp³-hybridized carbons (Fsp3) is 0.600. The van der Waals surface area contributed by atoms with Crippen LogP contribution in [0.2, 0.25) is 0 Å². The molecular formula is C20H29NO5. The van der Waals surface area contributed by atoms with Gasteiger partial charge < -0.3 is 19.1 Å². The highest BCUT2D eigenvalue weighted by Crippen LogP contribution is 2.33. The maximum Gasteiger partial charge on any atom is 0.351 e. The highest BCUT2D eigenvalue weighted by Gasteiger charge is 2.35. The summed E-state index contributed by atoms with van der Waals surface area (Å²) in [7, 11) is 0. The molecule has 0 aliphatic carbocycles. The van der Waals surface area contributed by atoms with E-state index in [4.69, 9.17) is 14.2 Å². The maximum atomic E-state index is 12.5. The Morgan fingerprint density at radius 3 is 2.12 bits per heavy atom. The molecule has 1 aliphatic rings. The lowest BCUT2D eigenvalue weighted by Crippen LogP contribution is -2.46. The molecule has 2 atom stereocenters. The minimum absolute atomic E-state index is 0.189. The van der Waals surface area contributed by atoms with Gasteiger partial charge in [0, 0.05) is 13.1 Å². The van der Waals surface area contributed by atoms with Crippen LogP contribution in [-0.4, -0.2) is 48.7 Å². The molecule has 0 fully saturated rings. The first-order chi connectivity index (χ1) is 12.3. The number of rotatable bonds is 7. The van der Waals surface area contributed by atoms with E-state index in [0.29, 0.717) is 36.4 Å². The molecule has 1 aromatic rings. The molecular weight excluding hydrogens is 334 g/mol. The zero-order valence-corrected chi connectivity index (χ0v) is 16.2. The van der Waals surface area contributed by atoms with Gasteiger partial charge in [0.15, 0.2) is 18.1 Å². The molecule has 1 heterocycles. The highest BCUT2D eigenvalue weighted by molar-refractivity contribution is 5.82.